The van der Waals surface area contributed by atoms with Gasteiger partial charge in [0, 0.05) is 37.9 Å². The van der Waals surface area contributed by atoms with E-state index in [4.69, 9.17) is 0 Å². The third kappa shape index (κ3) is 5.43. The van der Waals surface area contributed by atoms with Crippen LogP contribution in [0.2, 0.25) is 0 Å². The molecule has 1 aliphatic heterocycles. The maximum Gasteiger partial charge on any atom is 0.416 e. The quantitative estimate of drug-likeness (QED) is 0.325. The van der Waals surface area contributed by atoms with Gasteiger partial charge in [0.15, 0.2) is 5.78 Å². The van der Waals surface area contributed by atoms with Crippen molar-refractivity contribution in [1.82, 2.24) is 9.80 Å². The van der Waals surface area contributed by atoms with Gasteiger partial charge < -0.3 is 9.80 Å². The number of hydrogen-bond donors (Lipinski definition) is 0. The van der Waals surface area contributed by atoms with Crippen molar-refractivity contribution in [2.75, 3.05) is 26.2 Å². The third-order valence-corrected chi connectivity index (χ3v) is 4.43. The van der Waals surface area contributed by atoms with Crippen molar-refractivity contribution in [3.8, 4) is 0 Å². The summed E-state index contributed by atoms with van der Waals surface area (Å²) in [5.74, 6) is -0.346. The highest BCUT2D eigenvalue weighted by atomic mass is 19.4. The molecule has 1 heterocycles. The fourth-order valence-corrected chi connectivity index (χ4v) is 2.85. The number of nitrogens with zero attached hydrogens (tertiary/aromatic N) is 3. The Morgan fingerprint density at radius 2 is 1.62 bits per heavy atom. The van der Waals surface area contributed by atoms with Gasteiger partial charge in [-0.1, -0.05) is 31.4 Å². The number of piperazine rings is 1. The molecule has 5 nitrogen and oxygen atoms in total. The molecule has 1 amide bonds. The van der Waals surface area contributed by atoms with Gasteiger partial charge in [-0.2, -0.15) is 13.2 Å². The minimum atomic E-state index is -4.47. The monoisotopic (exact) mass is 405 g/mol. The Labute approximate surface area is 167 Å². The number of carbonyl (C=O) groups excluding carboxylic acids is 2. The van der Waals surface area contributed by atoms with Gasteiger partial charge in [-0.3, -0.25) is 9.59 Å². The van der Waals surface area contributed by atoms with E-state index in [9.17, 15) is 22.8 Å². The molecule has 1 aromatic rings. The van der Waals surface area contributed by atoms with Crippen molar-refractivity contribution < 1.29 is 22.8 Å². The molecule has 0 spiro atoms. The van der Waals surface area contributed by atoms with E-state index < -0.39 is 17.5 Å². The smallest absolute Gasteiger partial charge is 0.352 e. The van der Waals surface area contributed by atoms with Gasteiger partial charge >= 0.3 is 6.18 Å². The van der Waals surface area contributed by atoms with Gasteiger partial charge in [-0.15, -0.1) is 0 Å². The second kappa shape index (κ2) is 9.36. The van der Waals surface area contributed by atoms with Gasteiger partial charge in [0.25, 0.3) is 0 Å². The van der Waals surface area contributed by atoms with Crippen molar-refractivity contribution in [2.24, 2.45) is 4.99 Å². The van der Waals surface area contributed by atoms with Crippen LogP contribution in [-0.2, 0) is 11.0 Å². The number of ketones is 1. The molecule has 1 aromatic carbocycles. The van der Waals surface area contributed by atoms with Crippen LogP contribution in [0.3, 0.4) is 0 Å². The number of amidine groups is 1. The van der Waals surface area contributed by atoms with Gasteiger partial charge in [-0.25, -0.2) is 4.99 Å². The molecule has 1 fully saturated rings. The average Bonchev–Trinajstić information content (AvgIpc) is 2.72. The lowest BCUT2D eigenvalue weighted by molar-refractivity contribution is -0.137. The zero-order chi connectivity index (χ0) is 21.6. The molecule has 1 aliphatic rings. The molecular formula is C21H22F3N3O2. The normalized spacial score (nSPS) is 15.5. The zero-order valence-electron chi connectivity index (χ0n) is 16.1. The van der Waals surface area contributed by atoms with E-state index in [0.29, 0.717) is 32.0 Å². The molecule has 0 unspecified atom stereocenters. The fourth-order valence-electron chi connectivity index (χ4n) is 2.85. The van der Waals surface area contributed by atoms with Gasteiger partial charge in [-0.05, 0) is 25.1 Å². The van der Waals surface area contributed by atoms with Gasteiger partial charge in [0.2, 0.25) is 5.91 Å². The number of rotatable bonds is 5. The Hall–Kier alpha value is -3.16. The van der Waals surface area contributed by atoms with E-state index in [-0.39, 0.29) is 17.0 Å². The first kappa shape index (κ1) is 22.1. The van der Waals surface area contributed by atoms with Crippen LogP contribution in [0.1, 0.15) is 22.8 Å². The summed E-state index contributed by atoms with van der Waals surface area (Å²) < 4.78 is 38.2. The topological polar surface area (TPSA) is 53.0 Å². The zero-order valence-corrected chi connectivity index (χ0v) is 16.1. The summed E-state index contributed by atoms with van der Waals surface area (Å²) in [5, 5.41) is 0. The highest BCUT2D eigenvalue weighted by molar-refractivity contribution is 6.26. The Morgan fingerprint density at radius 3 is 2.10 bits per heavy atom. The summed E-state index contributed by atoms with van der Waals surface area (Å²) >= 11 is 0. The molecule has 2 rings (SSSR count). The van der Waals surface area contributed by atoms with E-state index >= 15 is 0 Å². The minimum Gasteiger partial charge on any atom is -0.352 e. The average molecular weight is 405 g/mol. The summed E-state index contributed by atoms with van der Waals surface area (Å²) in [6, 6.07) is 3.99. The van der Waals surface area contributed by atoms with E-state index in [0.717, 1.165) is 24.3 Å². The van der Waals surface area contributed by atoms with Crippen LogP contribution >= 0.6 is 0 Å². The minimum absolute atomic E-state index is 0.0753. The predicted molar refractivity (Wildman–Crippen MR) is 106 cm³/mol. The summed E-state index contributed by atoms with van der Waals surface area (Å²) in [6.07, 6.45) is -0.0214. The summed E-state index contributed by atoms with van der Waals surface area (Å²) in [7, 11) is 0. The van der Waals surface area contributed by atoms with Crippen LogP contribution in [0.5, 0.6) is 0 Å². The van der Waals surface area contributed by atoms with E-state index in [1.807, 2.05) is 4.90 Å². The summed E-state index contributed by atoms with van der Waals surface area (Å²) in [4.78, 5) is 32.3. The van der Waals surface area contributed by atoms with Crippen molar-refractivity contribution in [2.45, 2.75) is 13.1 Å². The van der Waals surface area contributed by atoms with E-state index in [1.165, 1.54) is 12.3 Å². The van der Waals surface area contributed by atoms with E-state index in [2.05, 4.69) is 18.2 Å². The number of hydrogen-bond acceptors (Lipinski definition) is 3. The van der Waals surface area contributed by atoms with Crippen LogP contribution in [0.25, 0.3) is 0 Å². The van der Waals surface area contributed by atoms with Crippen LogP contribution in [-0.4, -0.2) is 53.5 Å². The molecule has 0 saturated carbocycles. The first-order chi connectivity index (χ1) is 13.7. The molecular weight excluding hydrogens is 383 g/mol. The Morgan fingerprint density at radius 1 is 1.07 bits per heavy atom. The molecule has 0 atom stereocenters. The highest BCUT2D eigenvalue weighted by Gasteiger charge is 2.31. The first-order valence-electron chi connectivity index (χ1n) is 8.95. The predicted octanol–water partition coefficient (Wildman–Crippen LogP) is 3.71. The number of Topliss-reactive ketones (excluding diaryl/α,β-unsaturated/α-hetero) is 1. The lowest BCUT2D eigenvalue weighted by Gasteiger charge is -2.36. The van der Waals surface area contributed by atoms with Crippen LogP contribution < -0.4 is 0 Å². The molecule has 0 radical (unpaired) electrons. The first-order valence-corrected chi connectivity index (χ1v) is 8.95. The number of amides is 1. The second-order valence-electron chi connectivity index (χ2n) is 6.33. The SMILES string of the molecule is C=CC(=O)N1CCN(C(=N/C=C\C)C(=C)C(=O)c2ccc(C(F)(F)F)cc2)CC1. The van der Waals surface area contributed by atoms with Crippen LogP contribution in [0, 0.1) is 0 Å². The number of benzene rings is 1. The lowest BCUT2D eigenvalue weighted by Crippen LogP contribution is -2.51. The number of carbonyl (C=O) groups is 2. The van der Waals surface area contributed by atoms with Crippen LogP contribution in [0.4, 0.5) is 13.2 Å². The van der Waals surface area contributed by atoms with Crippen molar-refractivity contribution in [1.29, 1.82) is 0 Å². The lowest BCUT2D eigenvalue weighted by atomic mass is 10.0. The van der Waals surface area contributed by atoms with Crippen molar-refractivity contribution in [3.63, 3.8) is 0 Å². The number of halogens is 3. The molecule has 0 N–H and O–H groups in total. The number of allylic oxidation sites excluding steroid dienone is 1. The summed E-state index contributed by atoms with van der Waals surface area (Å²) in [5.41, 5.74) is -0.659. The molecule has 0 aliphatic carbocycles. The van der Waals surface area contributed by atoms with Crippen molar-refractivity contribution >= 4 is 17.5 Å². The maximum absolute atomic E-state index is 12.8. The van der Waals surface area contributed by atoms with Gasteiger partial charge in [0.05, 0.1) is 11.1 Å². The molecule has 0 bridgehead atoms. The number of aliphatic imine (C=N–C) groups is 1. The highest BCUT2D eigenvalue weighted by Crippen LogP contribution is 2.29. The Balaban J connectivity index is 2.20. The molecule has 154 valence electrons. The van der Waals surface area contributed by atoms with Crippen molar-refractivity contribution in [3.05, 3.63) is 72.5 Å². The molecule has 1 saturated heterocycles. The van der Waals surface area contributed by atoms with Crippen LogP contribution in [0.15, 0.2) is 66.3 Å². The third-order valence-electron chi connectivity index (χ3n) is 4.43. The molecule has 8 heteroatoms. The Bertz CT molecular complexity index is 847. The standard InChI is InChI=1S/C21H22F3N3O2/c1-4-10-25-20(27-13-11-26(12-14-27)18(28)5-2)15(3)19(29)16-6-8-17(9-7-16)21(22,23)24/h4-10H,2-3,11-14H2,1H3/b10-4-,25-20?. The second-order valence-corrected chi connectivity index (χ2v) is 6.33. The van der Waals surface area contributed by atoms with Gasteiger partial charge in [0.1, 0.15) is 5.84 Å². The number of alkyl halides is 3. The maximum atomic E-state index is 12.8. The molecule has 0 aromatic heterocycles. The van der Waals surface area contributed by atoms with E-state index in [1.54, 1.807) is 17.9 Å². The molecule has 29 heavy (non-hydrogen) atoms. The largest absolute Gasteiger partial charge is 0.416 e. The summed E-state index contributed by atoms with van der Waals surface area (Å²) in [6.45, 7) is 10.8. The Kier molecular flexibility index (Phi) is 7.14. The fraction of sp³-hybridized carbons (Fsp3) is 0.286.